The molecule has 2 heteroatoms. The molecule has 0 bridgehead atoms. The van der Waals surface area contributed by atoms with Crippen molar-refractivity contribution in [3.05, 3.63) is 379 Å². The Morgan fingerprint density at radius 1 is 0.443 bits per heavy atom. The van der Waals surface area contributed by atoms with E-state index in [1.54, 1.807) is 0 Å². The number of ketones is 1. The molecule has 0 N–H and O–H groups in total. The van der Waals surface area contributed by atoms with Crippen molar-refractivity contribution in [3.8, 4) is 0 Å². The molecule has 0 spiro atoms. The maximum atomic E-state index is 20.8. The molecular formula is C95H82O2. The van der Waals surface area contributed by atoms with E-state index < -0.39 is 27.3 Å². The van der Waals surface area contributed by atoms with E-state index in [1.165, 1.54) is 117 Å². The number of carbonyl (C=O) groups excluding carboxylic acids is 1. The normalized spacial score (nSPS) is 30.7. The highest BCUT2D eigenvalue weighted by Crippen LogP contribution is 2.90. The van der Waals surface area contributed by atoms with Crippen LogP contribution >= 0.6 is 0 Å². The molecule has 2 fully saturated rings. The average molecular weight is 1260 g/mol. The monoisotopic (exact) mass is 1250 g/mol. The van der Waals surface area contributed by atoms with Crippen LogP contribution in [0.25, 0.3) is 22.9 Å². The van der Waals surface area contributed by atoms with Crippen LogP contribution in [0.5, 0.6) is 0 Å². The summed E-state index contributed by atoms with van der Waals surface area (Å²) in [4.78, 5) is 20.8. The number of carbonyl (C=O) groups is 1. The van der Waals surface area contributed by atoms with Crippen molar-refractivity contribution in [3.63, 3.8) is 0 Å². The molecule has 1 aliphatic heterocycles. The third-order valence-electron chi connectivity index (χ3n) is 26.7. The van der Waals surface area contributed by atoms with Crippen molar-refractivity contribution in [1.29, 1.82) is 0 Å². The Morgan fingerprint density at radius 2 is 1.11 bits per heavy atom. The lowest BCUT2D eigenvalue weighted by Gasteiger charge is -2.77. The lowest BCUT2D eigenvalue weighted by atomic mass is 9.22. The van der Waals surface area contributed by atoms with E-state index in [9.17, 15) is 4.74 Å². The van der Waals surface area contributed by atoms with Crippen LogP contribution in [-0.2, 0) is 52.5 Å². The van der Waals surface area contributed by atoms with Crippen molar-refractivity contribution in [2.75, 3.05) is 0 Å². The maximum absolute atomic E-state index is 20.8. The van der Waals surface area contributed by atoms with E-state index in [0.717, 1.165) is 82.8 Å². The Labute approximate surface area is 572 Å². The molecule has 9 aromatic rings. The highest BCUT2D eigenvalue weighted by Gasteiger charge is 2.90. The molecule has 11 atom stereocenters. The van der Waals surface area contributed by atoms with E-state index in [-0.39, 0.29) is 41.4 Å². The topological polar surface area (TPSA) is 26.3 Å². The zero-order chi connectivity index (χ0) is 64.1. The summed E-state index contributed by atoms with van der Waals surface area (Å²) in [5, 5.41) is 2.49. The lowest BCUT2D eigenvalue weighted by Crippen LogP contribution is -2.78. The van der Waals surface area contributed by atoms with Gasteiger partial charge in [-0.1, -0.05) is 292 Å². The second-order valence-electron chi connectivity index (χ2n) is 30.4. The fourth-order valence-electron chi connectivity index (χ4n) is 23.5. The molecule has 1 saturated carbocycles. The van der Waals surface area contributed by atoms with Gasteiger partial charge in [0.25, 0.3) is 0 Å². The van der Waals surface area contributed by atoms with Crippen LogP contribution in [0.3, 0.4) is 0 Å². The molecule has 0 radical (unpaired) electrons. The SMILES string of the molecule is O=C1C(C2CC2)(C2C=Cc3ccccc32)OC2=C(C3CCCc4ccccc43)C(c3ccccc3)(c3cccc4c3CCCCC4)C(c3cccc4ccccc34)(C3C=CC=C4C=CC=CC=C43)C(C3CCc4ccccc43)(C3Cc4ccccc43)C12C1CC=Cc2ccccc21. The number of Topliss-reactive ketones (excluding diaryl/α,β-unsaturated/α-hetero) is 1. The van der Waals surface area contributed by atoms with Crippen molar-refractivity contribution in [2.24, 2.45) is 22.7 Å². The lowest BCUT2D eigenvalue weighted by molar-refractivity contribution is -0.165. The molecule has 0 amide bonds. The molecule has 9 aromatic carbocycles. The van der Waals surface area contributed by atoms with Gasteiger partial charge in [-0.05, 0) is 206 Å². The predicted molar refractivity (Wildman–Crippen MR) is 395 cm³/mol. The summed E-state index contributed by atoms with van der Waals surface area (Å²) in [6.07, 6.45) is 42.6. The molecule has 20 rings (SSSR count). The molecule has 474 valence electrons. The second kappa shape index (κ2) is 22.1. The minimum Gasteiger partial charge on any atom is -0.481 e. The summed E-state index contributed by atoms with van der Waals surface area (Å²) >= 11 is 0. The van der Waals surface area contributed by atoms with E-state index in [4.69, 9.17) is 0 Å². The average Bonchev–Trinajstić information content (AvgIpc) is 1.53. The zero-order valence-electron chi connectivity index (χ0n) is 55.4. The molecule has 1 saturated heterocycles. The molecule has 10 aliphatic carbocycles. The van der Waals surface area contributed by atoms with Gasteiger partial charge >= 0.3 is 0 Å². The van der Waals surface area contributed by atoms with Gasteiger partial charge in [0.05, 0.1) is 11.3 Å². The number of ether oxygens (including phenoxy) is 1. The standard InChI is InChI=1S/C95H82O2/c96-90-92(82-52-24-37-64-30-11-17-45-74(64)82)89(97-93(90,71-57-58-71)83-59-55-67-32-13-18-46-75(67)83)88(80-50-22-35-62-29-10-16-42-72(62)80)91(70-40-6-3-7-41-70,81-51-23-36-63-27-4-1-8-43-73(63)81)94(85-54-26-39-66-31-12-19-47-77(66)85,84-53-25-38-65-28-5-2-9-44-76(65)84)95(92,87-61-69-34-15-21-49-79(69)87)86-60-56-68-33-14-20-48-78(68)86/h2-3,5-7,9-21,23-26,28-34,36-42,44-49,51,53-55,59,71,80,82-84,86-87H,1,4,8,22,27,35,43,50,52,56-58,60-61H2. The van der Waals surface area contributed by atoms with Crippen LogP contribution in [0.15, 0.2) is 296 Å². The first-order valence-corrected chi connectivity index (χ1v) is 36.9. The van der Waals surface area contributed by atoms with E-state index in [1.807, 2.05) is 0 Å². The number of benzene rings is 9. The number of allylic oxidation sites excluding steroid dienone is 13. The first kappa shape index (κ1) is 57.8. The van der Waals surface area contributed by atoms with Crippen molar-refractivity contribution in [2.45, 2.75) is 136 Å². The smallest absolute Gasteiger partial charge is 0.192 e. The summed E-state index contributed by atoms with van der Waals surface area (Å²) in [6.45, 7) is 0. The molecule has 1 heterocycles. The van der Waals surface area contributed by atoms with Crippen molar-refractivity contribution in [1.82, 2.24) is 0 Å². The van der Waals surface area contributed by atoms with Crippen LogP contribution in [0.2, 0.25) is 0 Å². The molecule has 11 unspecified atom stereocenters. The van der Waals surface area contributed by atoms with Gasteiger partial charge in [0.2, 0.25) is 0 Å². The van der Waals surface area contributed by atoms with Gasteiger partial charge in [0.1, 0.15) is 11.2 Å². The maximum Gasteiger partial charge on any atom is 0.192 e. The molecular weight excluding hydrogens is 1170 g/mol. The van der Waals surface area contributed by atoms with Gasteiger partial charge in [-0.2, -0.15) is 0 Å². The van der Waals surface area contributed by atoms with Crippen LogP contribution in [0.1, 0.15) is 171 Å². The fraction of sp³-hybridized carbons (Fsp3) is 0.274. The van der Waals surface area contributed by atoms with Gasteiger partial charge in [0.15, 0.2) is 11.4 Å². The highest BCUT2D eigenvalue weighted by atomic mass is 16.5. The third kappa shape index (κ3) is 7.61. The largest absolute Gasteiger partial charge is 0.481 e. The Morgan fingerprint density at radius 3 is 1.95 bits per heavy atom. The van der Waals surface area contributed by atoms with Gasteiger partial charge in [0, 0.05) is 34.5 Å². The van der Waals surface area contributed by atoms with Gasteiger partial charge in [-0.15, -0.1) is 0 Å². The van der Waals surface area contributed by atoms with Gasteiger partial charge < -0.3 is 4.74 Å². The van der Waals surface area contributed by atoms with Crippen LogP contribution < -0.4 is 0 Å². The van der Waals surface area contributed by atoms with E-state index in [0.29, 0.717) is 12.2 Å². The van der Waals surface area contributed by atoms with Crippen molar-refractivity contribution >= 4 is 28.7 Å². The fourth-order valence-corrected chi connectivity index (χ4v) is 23.5. The summed E-state index contributed by atoms with van der Waals surface area (Å²) in [5.41, 5.74) is 18.1. The molecule has 2 nitrogen and oxygen atoms in total. The van der Waals surface area contributed by atoms with Gasteiger partial charge in [-0.25, -0.2) is 0 Å². The number of hydrogen-bond acceptors (Lipinski definition) is 2. The number of rotatable bonds is 10. The quantitative estimate of drug-likeness (QED) is 0.128. The Hall–Kier alpha value is -9.37. The minimum atomic E-state index is -1.39. The number of hydrogen-bond donors (Lipinski definition) is 0. The molecule has 97 heavy (non-hydrogen) atoms. The summed E-state index contributed by atoms with van der Waals surface area (Å²) < 4.78 is 9.58. The van der Waals surface area contributed by atoms with Crippen LogP contribution in [-0.4, -0.2) is 11.4 Å². The third-order valence-corrected chi connectivity index (χ3v) is 26.7. The Balaban J connectivity index is 1.15. The van der Waals surface area contributed by atoms with Crippen molar-refractivity contribution < 1.29 is 9.53 Å². The minimum absolute atomic E-state index is 0.0395. The van der Waals surface area contributed by atoms with Gasteiger partial charge in [-0.3, -0.25) is 4.79 Å². The first-order chi connectivity index (χ1) is 48.0. The number of fused-ring (bicyclic) bond motifs is 9. The van der Waals surface area contributed by atoms with Crippen LogP contribution in [0, 0.1) is 22.7 Å². The number of aryl methyl sites for hydroxylation is 3. The van der Waals surface area contributed by atoms with E-state index >= 15 is 4.79 Å². The molecule has 11 aliphatic rings. The predicted octanol–water partition coefficient (Wildman–Crippen LogP) is 21.7. The zero-order valence-corrected chi connectivity index (χ0v) is 55.4. The summed E-state index contributed by atoms with van der Waals surface area (Å²) in [5.74, 6) is -0.333. The molecule has 0 aromatic heterocycles. The second-order valence-corrected chi connectivity index (χ2v) is 30.4. The Kier molecular flexibility index (Phi) is 13.2. The van der Waals surface area contributed by atoms with E-state index in [2.05, 4.69) is 285 Å². The highest BCUT2D eigenvalue weighted by molar-refractivity contribution is 6.05. The summed E-state index contributed by atoms with van der Waals surface area (Å²) in [7, 11) is 0. The Bertz CT molecular complexity index is 5030. The van der Waals surface area contributed by atoms with Crippen LogP contribution in [0.4, 0.5) is 0 Å². The first-order valence-electron chi connectivity index (χ1n) is 36.9. The summed E-state index contributed by atoms with van der Waals surface area (Å²) in [6, 6.07) is 84.5.